The van der Waals surface area contributed by atoms with E-state index >= 15 is 0 Å². The second-order valence-corrected chi connectivity index (χ2v) is 7.31. The Hall–Kier alpha value is -2.94. The molecule has 1 aromatic rings. The van der Waals surface area contributed by atoms with Gasteiger partial charge in [0.2, 0.25) is 17.7 Å². The molecule has 0 saturated carbocycles. The monoisotopic (exact) mass is 420 g/mol. The first-order valence-corrected chi connectivity index (χ1v) is 10.1. The summed E-state index contributed by atoms with van der Waals surface area (Å²) in [6, 6.07) is 5.31. The summed E-state index contributed by atoms with van der Waals surface area (Å²) >= 11 is 0. The van der Waals surface area contributed by atoms with Crippen LogP contribution in [0, 0.1) is 0 Å². The van der Waals surface area contributed by atoms with Crippen LogP contribution in [0.15, 0.2) is 30.3 Å². The Morgan fingerprint density at radius 3 is 2.07 bits per heavy atom. The van der Waals surface area contributed by atoms with Gasteiger partial charge in [-0.05, 0) is 25.8 Å². The van der Waals surface area contributed by atoms with Crippen molar-refractivity contribution in [3.8, 4) is 0 Å². The molecule has 0 spiro atoms. The fourth-order valence-electron chi connectivity index (χ4n) is 2.70. The smallest absolute Gasteiger partial charge is 0.326 e. The van der Waals surface area contributed by atoms with Gasteiger partial charge in [-0.1, -0.05) is 50.1 Å². The summed E-state index contributed by atoms with van der Waals surface area (Å²) in [4.78, 5) is 48.6. The van der Waals surface area contributed by atoms with Gasteiger partial charge in [0.05, 0.1) is 6.04 Å². The predicted molar refractivity (Wildman–Crippen MR) is 112 cm³/mol. The number of rotatable bonds is 12. The molecule has 4 atom stereocenters. The molecule has 3 amide bonds. The van der Waals surface area contributed by atoms with Crippen LogP contribution < -0.4 is 21.7 Å². The van der Waals surface area contributed by atoms with E-state index in [1.807, 2.05) is 13.0 Å². The number of unbranched alkanes of at least 4 members (excludes halogenated alkanes) is 1. The van der Waals surface area contributed by atoms with Crippen molar-refractivity contribution in [3.63, 3.8) is 0 Å². The lowest BCUT2D eigenvalue weighted by Crippen LogP contribution is -2.56. The van der Waals surface area contributed by atoms with Crippen molar-refractivity contribution in [3.05, 3.63) is 35.9 Å². The van der Waals surface area contributed by atoms with Crippen molar-refractivity contribution in [1.29, 1.82) is 0 Å². The van der Waals surface area contributed by atoms with Crippen LogP contribution in [-0.4, -0.2) is 53.0 Å². The summed E-state index contributed by atoms with van der Waals surface area (Å²) < 4.78 is 0. The van der Waals surface area contributed by atoms with Crippen LogP contribution in [0.2, 0.25) is 0 Å². The molecule has 166 valence electrons. The van der Waals surface area contributed by atoms with Crippen LogP contribution in [0.4, 0.5) is 0 Å². The number of carboxylic acid groups (broad SMARTS) is 1. The van der Waals surface area contributed by atoms with Crippen LogP contribution in [0.25, 0.3) is 0 Å². The van der Waals surface area contributed by atoms with E-state index < -0.39 is 47.9 Å². The molecule has 0 aliphatic rings. The van der Waals surface area contributed by atoms with Crippen molar-refractivity contribution < 1.29 is 24.3 Å². The van der Waals surface area contributed by atoms with Crippen molar-refractivity contribution in [2.24, 2.45) is 5.73 Å². The molecule has 6 N–H and O–H groups in total. The highest BCUT2D eigenvalue weighted by Crippen LogP contribution is 2.06. The van der Waals surface area contributed by atoms with Crippen molar-refractivity contribution >= 4 is 23.7 Å². The van der Waals surface area contributed by atoms with E-state index in [2.05, 4.69) is 16.0 Å². The molecule has 0 fully saturated rings. The number of carbonyl (C=O) groups excluding carboxylic acids is 3. The summed E-state index contributed by atoms with van der Waals surface area (Å²) in [5.41, 5.74) is 6.29. The number of aliphatic carboxylic acids is 1. The van der Waals surface area contributed by atoms with Crippen LogP contribution in [-0.2, 0) is 25.6 Å². The summed E-state index contributed by atoms with van der Waals surface area (Å²) in [6.07, 6.45) is 1.91. The number of nitrogens with one attached hydrogen (secondary N) is 3. The van der Waals surface area contributed by atoms with E-state index in [4.69, 9.17) is 5.73 Å². The van der Waals surface area contributed by atoms with Gasteiger partial charge in [-0.25, -0.2) is 4.79 Å². The van der Waals surface area contributed by atoms with Gasteiger partial charge in [-0.3, -0.25) is 14.4 Å². The van der Waals surface area contributed by atoms with Crippen LogP contribution in [0.1, 0.15) is 45.6 Å². The summed E-state index contributed by atoms with van der Waals surface area (Å²) in [5, 5.41) is 17.0. The maximum atomic E-state index is 12.8. The minimum absolute atomic E-state index is 0.173. The molecule has 0 heterocycles. The summed E-state index contributed by atoms with van der Waals surface area (Å²) in [7, 11) is 0. The van der Waals surface area contributed by atoms with E-state index in [9.17, 15) is 24.3 Å². The number of benzene rings is 1. The first-order valence-electron chi connectivity index (χ1n) is 10.1. The van der Waals surface area contributed by atoms with Crippen molar-refractivity contribution in [1.82, 2.24) is 16.0 Å². The van der Waals surface area contributed by atoms with Crippen LogP contribution in [0.3, 0.4) is 0 Å². The predicted octanol–water partition coefficient (Wildman–Crippen LogP) is 0.325. The van der Waals surface area contributed by atoms with Gasteiger partial charge in [0.25, 0.3) is 0 Å². The van der Waals surface area contributed by atoms with E-state index in [1.54, 1.807) is 24.3 Å². The zero-order valence-electron chi connectivity index (χ0n) is 17.7. The third kappa shape index (κ3) is 8.60. The number of nitrogens with two attached hydrogens (primary N) is 1. The minimum atomic E-state index is -1.13. The Bertz CT molecular complexity index is 723. The average Bonchev–Trinajstić information content (AvgIpc) is 2.70. The number of hydrogen-bond acceptors (Lipinski definition) is 5. The van der Waals surface area contributed by atoms with Crippen molar-refractivity contribution in [2.45, 2.75) is 70.6 Å². The minimum Gasteiger partial charge on any atom is -0.480 e. The quantitative estimate of drug-likeness (QED) is 0.329. The van der Waals surface area contributed by atoms with Crippen molar-refractivity contribution in [2.75, 3.05) is 0 Å². The highest BCUT2D eigenvalue weighted by molar-refractivity contribution is 5.93. The number of hydrogen-bond donors (Lipinski definition) is 5. The molecular weight excluding hydrogens is 388 g/mol. The molecule has 30 heavy (non-hydrogen) atoms. The molecule has 1 rings (SSSR count). The second kappa shape index (κ2) is 12.6. The molecule has 1 aromatic carbocycles. The molecule has 9 heteroatoms. The largest absolute Gasteiger partial charge is 0.480 e. The van der Waals surface area contributed by atoms with Gasteiger partial charge in [0.1, 0.15) is 18.1 Å². The van der Waals surface area contributed by atoms with E-state index in [-0.39, 0.29) is 6.42 Å². The number of amides is 3. The molecule has 0 bridgehead atoms. The zero-order chi connectivity index (χ0) is 22.7. The fourth-order valence-corrected chi connectivity index (χ4v) is 2.70. The molecule has 0 aliphatic heterocycles. The third-order valence-corrected chi connectivity index (χ3v) is 4.54. The van der Waals surface area contributed by atoms with E-state index in [1.165, 1.54) is 13.8 Å². The van der Waals surface area contributed by atoms with Crippen LogP contribution in [0.5, 0.6) is 0 Å². The maximum Gasteiger partial charge on any atom is 0.326 e. The van der Waals surface area contributed by atoms with E-state index in [0.717, 1.165) is 12.0 Å². The highest BCUT2D eigenvalue weighted by atomic mass is 16.4. The fraction of sp³-hybridized carbons (Fsp3) is 0.524. The molecule has 9 nitrogen and oxygen atoms in total. The third-order valence-electron chi connectivity index (χ3n) is 4.54. The van der Waals surface area contributed by atoms with Gasteiger partial charge in [0, 0.05) is 6.42 Å². The molecule has 0 aliphatic carbocycles. The Kier molecular flexibility index (Phi) is 10.5. The molecule has 0 aromatic heterocycles. The second-order valence-electron chi connectivity index (χ2n) is 7.31. The molecular formula is C21H32N4O5. The maximum absolute atomic E-state index is 12.8. The van der Waals surface area contributed by atoms with Gasteiger partial charge in [-0.2, -0.15) is 0 Å². The lowest BCUT2D eigenvalue weighted by molar-refractivity contribution is -0.142. The number of carboxylic acids is 1. The lowest BCUT2D eigenvalue weighted by Gasteiger charge is -2.23. The van der Waals surface area contributed by atoms with Gasteiger partial charge < -0.3 is 26.8 Å². The molecule has 0 unspecified atom stereocenters. The normalized spacial score (nSPS) is 14.7. The zero-order valence-corrected chi connectivity index (χ0v) is 17.7. The molecule has 0 saturated heterocycles. The Labute approximate surface area is 176 Å². The van der Waals surface area contributed by atoms with Crippen LogP contribution >= 0.6 is 0 Å². The van der Waals surface area contributed by atoms with Gasteiger partial charge in [0.15, 0.2) is 0 Å². The Morgan fingerprint density at radius 2 is 1.53 bits per heavy atom. The Morgan fingerprint density at radius 1 is 0.933 bits per heavy atom. The average molecular weight is 421 g/mol. The van der Waals surface area contributed by atoms with Gasteiger partial charge in [-0.15, -0.1) is 0 Å². The first kappa shape index (κ1) is 25.1. The summed E-state index contributed by atoms with van der Waals surface area (Å²) in [6.45, 7) is 4.90. The highest BCUT2D eigenvalue weighted by Gasteiger charge is 2.28. The Balaban J connectivity index is 2.92. The standard InChI is InChI=1S/C21H32N4O5/c1-4-5-11-16(21(29)30)24-20(28)17(12-15-9-7-6-8-10-15)25-19(27)14(3)23-18(26)13(2)22/h6-10,13-14,16-17H,4-5,11-12,22H2,1-3H3,(H,23,26)(H,24,28)(H,25,27)(H,29,30)/t13-,14-,16-,17-/m0/s1. The molecule has 0 radical (unpaired) electrons. The number of carbonyl (C=O) groups is 4. The first-order chi connectivity index (χ1) is 14.1. The summed E-state index contributed by atoms with van der Waals surface area (Å²) in [5.74, 6) is -2.78. The van der Waals surface area contributed by atoms with Gasteiger partial charge >= 0.3 is 5.97 Å². The lowest BCUT2D eigenvalue weighted by atomic mass is 10.0. The SMILES string of the molecule is CCCC[C@H](NC(=O)[C@H](Cc1ccccc1)NC(=O)[C@H](C)NC(=O)[C@H](C)N)C(=O)O. The topological polar surface area (TPSA) is 151 Å². The van der Waals surface area contributed by atoms with E-state index in [0.29, 0.717) is 12.8 Å².